The molecule has 0 atom stereocenters. The van der Waals surface area contributed by atoms with Crippen molar-refractivity contribution in [3.8, 4) is 22.3 Å². The fourth-order valence-corrected chi connectivity index (χ4v) is 6.26. The lowest BCUT2D eigenvalue weighted by atomic mass is 9.91. The summed E-state index contributed by atoms with van der Waals surface area (Å²) in [7, 11) is 0. The number of rotatable bonds is 22. The van der Waals surface area contributed by atoms with Crippen LogP contribution in [0.25, 0.3) is 22.3 Å². The lowest BCUT2D eigenvalue weighted by molar-refractivity contribution is 0.661. The molecule has 229 valence electrons. The third kappa shape index (κ3) is 12.5. The molecule has 0 aromatic heterocycles. The van der Waals surface area contributed by atoms with Gasteiger partial charge in [-0.2, -0.15) is 0 Å². The Bertz CT molecular complexity index is 989. The zero-order chi connectivity index (χ0) is 29.8. The average molecular weight is 566 g/mol. The van der Waals surface area contributed by atoms with E-state index in [1.807, 2.05) is 0 Å². The smallest absolute Gasteiger partial charge is 0.0171 e. The second-order valence-corrected chi connectivity index (χ2v) is 12.8. The van der Waals surface area contributed by atoms with Crippen molar-refractivity contribution in [1.82, 2.24) is 0 Å². The molecule has 3 rings (SSSR count). The van der Waals surface area contributed by atoms with Gasteiger partial charge in [0.05, 0.1) is 0 Å². The molecular weight excluding hydrogens is 504 g/mol. The topological polar surface area (TPSA) is 0 Å². The van der Waals surface area contributed by atoms with Crippen molar-refractivity contribution in [2.45, 2.75) is 156 Å². The maximum absolute atomic E-state index is 3.54. The molecule has 0 bridgehead atoms. The Balaban J connectivity index is 1.88. The summed E-state index contributed by atoms with van der Waals surface area (Å²) in [6.07, 6.45) is 25.9. The number of hydrogen-bond donors (Lipinski definition) is 0. The van der Waals surface area contributed by atoms with Gasteiger partial charge in [-0.25, -0.2) is 0 Å². The molecule has 0 heterocycles. The van der Waals surface area contributed by atoms with E-state index in [0.717, 1.165) is 0 Å². The van der Waals surface area contributed by atoms with Gasteiger partial charge in [0.15, 0.2) is 0 Å². The van der Waals surface area contributed by atoms with Crippen LogP contribution in [0.5, 0.6) is 0 Å². The summed E-state index contributed by atoms with van der Waals surface area (Å²) in [6, 6.07) is 25.3. The molecule has 0 unspecified atom stereocenters. The lowest BCUT2D eigenvalue weighted by Gasteiger charge is -2.14. The van der Waals surface area contributed by atoms with Gasteiger partial charge < -0.3 is 0 Å². The third-order valence-electron chi connectivity index (χ3n) is 8.84. The summed E-state index contributed by atoms with van der Waals surface area (Å²) in [5, 5.41) is 0. The van der Waals surface area contributed by atoms with E-state index in [1.54, 1.807) is 0 Å². The average Bonchev–Trinajstić information content (AvgIpc) is 3.02. The molecule has 0 spiro atoms. The van der Waals surface area contributed by atoms with Crippen molar-refractivity contribution in [3.63, 3.8) is 0 Å². The predicted octanol–water partition coefficient (Wildman–Crippen LogP) is 13.3. The van der Waals surface area contributed by atoms with Crippen LogP contribution in [0.3, 0.4) is 0 Å². The summed E-state index contributed by atoms with van der Waals surface area (Å²) in [5.74, 6) is 0. The van der Waals surface area contributed by atoms with E-state index in [-0.39, 0.29) is 0 Å². The molecule has 3 aromatic rings. The molecule has 0 fully saturated rings. The van der Waals surface area contributed by atoms with E-state index in [0.29, 0.717) is 0 Å². The van der Waals surface area contributed by atoms with Crippen molar-refractivity contribution in [2.24, 2.45) is 0 Å². The highest BCUT2D eigenvalue weighted by molar-refractivity contribution is 5.74. The largest absolute Gasteiger partial charge is 0.0654 e. The molecule has 0 aliphatic carbocycles. The zero-order valence-corrected chi connectivity index (χ0v) is 27.8. The van der Waals surface area contributed by atoms with Crippen LogP contribution in [-0.2, 0) is 25.7 Å². The maximum Gasteiger partial charge on any atom is -0.0171 e. The van der Waals surface area contributed by atoms with Crippen LogP contribution in [0.15, 0.2) is 54.6 Å². The first-order chi connectivity index (χ1) is 20.7. The second kappa shape index (κ2) is 20.5. The Morgan fingerprint density at radius 2 is 0.643 bits per heavy atom. The molecule has 0 saturated carbocycles. The third-order valence-corrected chi connectivity index (χ3v) is 8.84. The minimum atomic E-state index is 1.20. The first kappa shape index (κ1) is 34.2. The molecule has 3 aromatic carbocycles. The van der Waals surface area contributed by atoms with Gasteiger partial charge in [0.25, 0.3) is 0 Å². The maximum atomic E-state index is 3.54. The molecule has 0 nitrogen and oxygen atoms in total. The monoisotopic (exact) mass is 565 g/mol. The Morgan fingerprint density at radius 1 is 0.333 bits per heavy atom. The second-order valence-electron chi connectivity index (χ2n) is 12.8. The summed E-state index contributed by atoms with van der Waals surface area (Å²) in [5.41, 5.74) is 11.5. The van der Waals surface area contributed by atoms with Gasteiger partial charge in [-0.05, 0) is 120 Å². The van der Waals surface area contributed by atoms with Gasteiger partial charge in [0.2, 0.25) is 0 Å². The van der Waals surface area contributed by atoms with Crippen molar-refractivity contribution in [1.29, 1.82) is 0 Å². The van der Waals surface area contributed by atoms with Crippen LogP contribution in [0.4, 0.5) is 0 Å². The molecule has 0 aliphatic heterocycles. The highest BCUT2D eigenvalue weighted by atomic mass is 14.1. The Morgan fingerprint density at radius 3 is 0.929 bits per heavy atom. The van der Waals surface area contributed by atoms with E-state index in [2.05, 4.69) is 88.4 Å². The molecular formula is C42H61. The van der Waals surface area contributed by atoms with Gasteiger partial charge in [-0.15, -0.1) is 0 Å². The molecule has 0 aliphatic rings. The molecule has 0 N–H and O–H groups in total. The van der Waals surface area contributed by atoms with Crippen LogP contribution in [0.1, 0.15) is 153 Å². The van der Waals surface area contributed by atoms with Gasteiger partial charge in [-0.1, -0.05) is 141 Å². The summed E-state index contributed by atoms with van der Waals surface area (Å²) >= 11 is 0. The van der Waals surface area contributed by atoms with Gasteiger partial charge in [-0.3, -0.25) is 0 Å². The number of hydrogen-bond acceptors (Lipinski definition) is 0. The summed E-state index contributed by atoms with van der Waals surface area (Å²) in [6.45, 7) is 9.21. The minimum absolute atomic E-state index is 1.20. The van der Waals surface area contributed by atoms with Crippen LogP contribution in [0.2, 0.25) is 0 Å². The van der Waals surface area contributed by atoms with E-state index >= 15 is 0 Å². The quantitative estimate of drug-likeness (QED) is 0.106. The Labute approximate surface area is 260 Å². The molecule has 42 heavy (non-hydrogen) atoms. The number of benzene rings is 3. The first-order valence-corrected chi connectivity index (χ1v) is 17.9. The summed E-state index contributed by atoms with van der Waals surface area (Å²) < 4.78 is 0. The normalized spacial score (nSPS) is 11.3. The summed E-state index contributed by atoms with van der Waals surface area (Å²) in [4.78, 5) is 0. The van der Waals surface area contributed by atoms with Crippen LogP contribution >= 0.6 is 0 Å². The van der Waals surface area contributed by atoms with Crippen molar-refractivity contribution >= 4 is 0 Å². The van der Waals surface area contributed by atoms with Crippen molar-refractivity contribution in [3.05, 3.63) is 82.9 Å². The fourth-order valence-electron chi connectivity index (χ4n) is 6.26. The van der Waals surface area contributed by atoms with Gasteiger partial charge in [0.1, 0.15) is 0 Å². The van der Waals surface area contributed by atoms with E-state index in [4.69, 9.17) is 0 Å². The van der Waals surface area contributed by atoms with E-state index < -0.39 is 0 Å². The lowest BCUT2D eigenvalue weighted by Crippen LogP contribution is -1.95. The first-order valence-electron chi connectivity index (χ1n) is 17.9. The van der Waals surface area contributed by atoms with Crippen molar-refractivity contribution in [2.75, 3.05) is 0 Å². The zero-order valence-electron chi connectivity index (χ0n) is 27.8. The minimum Gasteiger partial charge on any atom is -0.0654 e. The molecule has 1 radical (unpaired) electrons. The standard InChI is InChI=1S/C42H61/c1-5-9-13-17-22-35-28-36(23-18-14-10-6-2)31-41(30-35)39-26-21-27-40(34-39)42-32-37(24-19-15-11-7-3)29-38(33-42)25-20-16-12-8-4/h26-34H,5-20,22-25H2,1-4H3. The van der Waals surface area contributed by atoms with E-state index in [9.17, 15) is 0 Å². The number of unbranched alkanes of at least 4 members (excludes halogenated alkanes) is 12. The van der Waals surface area contributed by atoms with Crippen LogP contribution in [-0.4, -0.2) is 0 Å². The Hall–Kier alpha value is -2.34. The Kier molecular flexibility index (Phi) is 16.7. The molecule has 0 heteroatoms. The van der Waals surface area contributed by atoms with Crippen LogP contribution < -0.4 is 0 Å². The molecule has 0 saturated heterocycles. The SMILES string of the molecule is CCCCCCc1cc(CCCCCC)cc(-c2c[c]cc(-c3cc(CCCCCC)cc(CCCCCC)c3)c2)c1. The highest BCUT2D eigenvalue weighted by Crippen LogP contribution is 2.31. The molecule has 0 amide bonds. The highest BCUT2D eigenvalue weighted by Gasteiger charge is 2.09. The predicted molar refractivity (Wildman–Crippen MR) is 188 cm³/mol. The van der Waals surface area contributed by atoms with Crippen LogP contribution in [0, 0.1) is 6.07 Å². The van der Waals surface area contributed by atoms with Gasteiger partial charge >= 0.3 is 0 Å². The van der Waals surface area contributed by atoms with Gasteiger partial charge in [0, 0.05) is 0 Å². The number of aryl methyl sites for hydroxylation is 4. The van der Waals surface area contributed by atoms with E-state index in [1.165, 1.54) is 173 Å². The fraction of sp³-hybridized carbons (Fsp3) is 0.571. The van der Waals surface area contributed by atoms with Crippen molar-refractivity contribution < 1.29 is 0 Å².